The molecule has 1 unspecified atom stereocenters. The first-order valence-electron chi connectivity index (χ1n) is 4.74. The lowest BCUT2D eigenvalue weighted by molar-refractivity contribution is -0.0336. The summed E-state index contributed by atoms with van der Waals surface area (Å²) in [5.41, 5.74) is 5.72. The molecule has 13 heavy (non-hydrogen) atoms. The summed E-state index contributed by atoms with van der Waals surface area (Å²) in [6, 6.07) is 0.122. The summed E-state index contributed by atoms with van der Waals surface area (Å²) in [4.78, 5) is 2.20. The van der Waals surface area contributed by atoms with E-state index in [4.69, 9.17) is 15.6 Å². The van der Waals surface area contributed by atoms with Gasteiger partial charge in [-0.15, -0.1) is 0 Å². The Morgan fingerprint density at radius 2 is 2.31 bits per heavy atom. The van der Waals surface area contributed by atoms with Crippen LogP contribution >= 0.6 is 0 Å². The number of morpholine rings is 1. The summed E-state index contributed by atoms with van der Waals surface area (Å²) in [5.74, 6) is 0. The van der Waals surface area contributed by atoms with Gasteiger partial charge in [-0.1, -0.05) is 0 Å². The van der Waals surface area contributed by atoms with Crippen LogP contribution in [0.15, 0.2) is 0 Å². The van der Waals surface area contributed by atoms with Gasteiger partial charge >= 0.3 is 0 Å². The summed E-state index contributed by atoms with van der Waals surface area (Å²) < 4.78 is 5.28. The van der Waals surface area contributed by atoms with Gasteiger partial charge in [-0.25, -0.2) is 0 Å². The molecule has 0 aromatic carbocycles. The fourth-order valence-electron chi connectivity index (χ4n) is 1.59. The smallest absolute Gasteiger partial charge is 0.0644 e. The van der Waals surface area contributed by atoms with Crippen molar-refractivity contribution in [3.05, 3.63) is 0 Å². The molecule has 1 atom stereocenters. The van der Waals surface area contributed by atoms with E-state index in [-0.39, 0.29) is 18.2 Å². The van der Waals surface area contributed by atoms with Gasteiger partial charge in [0.05, 0.1) is 25.9 Å². The van der Waals surface area contributed by atoms with E-state index >= 15 is 0 Å². The molecule has 1 saturated heterocycles. The lowest BCUT2D eigenvalue weighted by atomic mass is 10.1. The number of rotatable bonds is 3. The van der Waals surface area contributed by atoms with Crippen molar-refractivity contribution in [1.29, 1.82) is 0 Å². The average Bonchev–Trinajstić information content (AvgIpc) is 2.02. The number of aliphatic hydroxyl groups is 1. The van der Waals surface area contributed by atoms with Crippen LogP contribution in [0, 0.1) is 0 Å². The number of nitrogens with zero attached hydrogens (tertiary/aromatic N) is 1. The second-order valence-corrected chi connectivity index (χ2v) is 4.37. The molecule has 78 valence electrons. The molecule has 0 spiro atoms. The lowest BCUT2D eigenvalue weighted by Crippen LogP contribution is -2.54. The molecule has 1 heterocycles. The van der Waals surface area contributed by atoms with E-state index in [0.717, 1.165) is 19.7 Å². The molecule has 1 aliphatic rings. The average molecular weight is 188 g/mol. The summed E-state index contributed by atoms with van der Waals surface area (Å²) in [5, 5.41) is 9.10. The van der Waals surface area contributed by atoms with Crippen molar-refractivity contribution in [2.45, 2.75) is 25.4 Å². The Morgan fingerprint density at radius 1 is 1.62 bits per heavy atom. The molecule has 0 aromatic rings. The molecule has 0 aromatic heterocycles. The normalized spacial score (nSPS) is 26.3. The molecular weight excluding hydrogens is 168 g/mol. The van der Waals surface area contributed by atoms with Gasteiger partial charge in [-0.05, 0) is 13.8 Å². The zero-order chi connectivity index (χ0) is 9.90. The van der Waals surface area contributed by atoms with Crippen molar-refractivity contribution in [3.63, 3.8) is 0 Å². The Hall–Kier alpha value is -0.160. The van der Waals surface area contributed by atoms with Gasteiger partial charge in [-0.3, -0.25) is 4.90 Å². The van der Waals surface area contributed by atoms with Crippen molar-refractivity contribution in [3.8, 4) is 0 Å². The molecule has 0 aliphatic carbocycles. The quantitative estimate of drug-likeness (QED) is 0.622. The van der Waals surface area contributed by atoms with E-state index in [1.165, 1.54) is 0 Å². The topological polar surface area (TPSA) is 58.7 Å². The van der Waals surface area contributed by atoms with E-state index in [2.05, 4.69) is 4.90 Å². The highest BCUT2D eigenvalue weighted by Crippen LogP contribution is 2.10. The van der Waals surface area contributed by atoms with Crippen molar-refractivity contribution in [2.75, 3.05) is 32.9 Å². The van der Waals surface area contributed by atoms with Crippen LogP contribution in [0.2, 0.25) is 0 Å². The van der Waals surface area contributed by atoms with E-state index in [1.807, 2.05) is 13.8 Å². The molecule has 3 N–H and O–H groups in total. The molecule has 0 amide bonds. The molecule has 4 heteroatoms. The van der Waals surface area contributed by atoms with Gasteiger partial charge in [0.1, 0.15) is 0 Å². The van der Waals surface area contributed by atoms with Gasteiger partial charge in [0, 0.05) is 18.6 Å². The minimum Gasteiger partial charge on any atom is -0.395 e. The van der Waals surface area contributed by atoms with Gasteiger partial charge in [0.2, 0.25) is 0 Å². The van der Waals surface area contributed by atoms with Crippen LogP contribution in [0.4, 0.5) is 0 Å². The van der Waals surface area contributed by atoms with Crippen molar-refractivity contribution < 1.29 is 9.84 Å². The molecular formula is C9H20N2O2. The highest BCUT2D eigenvalue weighted by atomic mass is 16.5. The number of ether oxygens (including phenoxy) is 1. The van der Waals surface area contributed by atoms with Crippen LogP contribution in [0.1, 0.15) is 13.8 Å². The van der Waals surface area contributed by atoms with Crippen molar-refractivity contribution >= 4 is 0 Å². The fraction of sp³-hybridized carbons (Fsp3) is 1.00. The van der Waals surface area contributed by atoms with Crippen LogP contribution in [-0.2, 0) is 4.74 Å². The molecule has 1 rings (SSSR count). The maximum absolute atomic E-state index is 9.10. The predicted molar refractivity (Wildman–Crippen MR) is 51.5 cm³/mol. The van der Waals surface area contributed by atoms with Crippen LogP contribution < -0.4 is 5.73 Å². The van der Waals surface area contributed by atoms with Crippen LogP contribution in [0.5, 0.6) is 0 Å². The SMILES string of the molecule is CC(C)(N)CN1CCOCC1CO. The largest absolute Gasteiger partial charge is 0.395 e. The first-order chi connectivity index (χ1) is 6.03. The highest BCUT2D eigenvalue weighted by molar-refractivity contribution is 4.83. The Kier molecular flexibility index (Phi) is 3.67. The number of hydrogen-bond donors (Lipinski definition) is 2. The van der Waals surface area contributed by atoms with Crippen LogP contribution in [0.25, 0.3) is 0 Å². The number of nitrogens with two attached hydrogens (primary N) is 1. The Morgan fingerprint density at radius 3 is 2.85 bits per heavy atom. The fourth-order valence-corrected chi connectivity index (χ4v) is 1.59. The third-order valence-corrected chi connectivity index (χ3v) is 2.17. The summed E-state index contributed by atoms with van der Waals surface area (Å²) >= 11 is 0. The third-order valence-electron chi connectivity index (χ3n) is 2.17. The molecule has 0 saturated carbocycles. The van der Waals surface area contributed by atoms with Gasteiger partial charge in [-0.2, -0.15) is 0 Å². The summed E-state index contributed by atoms with van der Waals surface area (Å²) in [6.07, 6.45) is 0. The predicted octanol–water partition coefficient (Wildman–Crippen LogP) is -0.583. The highest BCUT2D eigenvalue weighted by Gasteiger charge is 2.26. The van der Waals surface area contributed by atoms with Crippen LogP contribution in [0.3, 0.4) is 0 Å². The molecule has 4 nitrogen and oxygen atoms in total. The minimum atomic E-state index is -0.204. The monoisotopic (exact) mass is 188 g/mol. The number of hydrogen-bond acceptors (Lipinski definition) is 4. The van der Waals surface area contributed by atoms with Gasteiger partial charge in [0.15, 0.2) is 0 Å². The van der Waals surface area contributed by atoms with Crippen molar-refractivity contribution in [1.82, 2.24) is 4.90 Å². The molecule has 0 radical (unpaired) electrons. The standard InChI is InChI=1S/C9H20N2O2/c1-9(2,10)7-11-3-4-13-6-8(11)5-12/h8,12H,3-7,10H2,1-2H3. The maximum Gasteiger partial charge on any atom is 0.0644 e. The van der Waals surface area contributed by atoms with Crippen LogP contribution in [-0.4, -0.2) is 54.5 Å². The first-order valence-corrected chi connectivity index (χ1v) is 4.74. The second kappa shape index (κ2) is 4.37. The Labute approximate surface area is 79.7 Å². The summed E-state index contributed by atoms with van der Waals surface area (Å²) in [7, 11) is 0. The van der Waals surface area contributed by atoms with E-state index in [9.17, 15) is 0 Å². The maximum atomic E-state index is 9.10. The zero-order valence-electron chi connectivity index (χ0n) is 8.49. The molecule has 1 aliphatic heterocycles. The number of aliphatic hydroxyl groups excluding tert-OH is 1. The van der Waals surface area contributed by atoms with E-state index in [0.29, 0.717) is 6.61 Å². The second-order valence-electron chi connectivity index (χ2n) is 4.37. The van der Waals surface area contributed by atoms with E-state index in [1.54, 1.807) is 0 Å². The van der Waals surface area contributed by atoms with Crippen molar-refractivity contribution in [2.24, 2.45) is 5.73 Å². The Bertz CT molecular complexity index is 156. The summed E-state index contributed by atoms with van der Waals surface area (Å²) in [6.45, 7) is 7.18. The Balaban J connectivity index is 2.45. The molecule has 1 fully saturated rings. The lowest BCUT2D eigenvalue weighted by Gasteiger charge is -2.38. The van der Waals surface area contributed by atoms with E-state index < -0.39 is 0 Å². The van der Waals surface area contributed by atoms with Gasteiger partial charge < -0.3 is 15.6 Å². The minimum absolute atomic E-state index is 0.122. The third kappa shape index (κ3) is 3.60. The zero-order valence-corrected chi connectivity index (χ0v) is 8.49. The first kappa shape index (κ1) is 10.9. The van der Waals surface area contributed by atoms with Gasteiger partial charge in [0.25, 0.3) is 0 Å². The molecule has 0 bridgehead atoms.